The number of aliphatic hydroxyl groups is 1. The van der Waals surface area contributed by atoms with Crippen molar-refractivity contribution < 1.29 is 28.2 Å². The molecule has 1 saturated carbocycles. The minimum absolute atomic E-state index is 0.107. The Morgan fingerprint density at radius 3 is 2.12 bits per heavy atom. The van der Waals surface area contributed by atoms with Crippen LogP contribution in [0, 0.1) is 11.8 Å². The molecule has 94 valence electrons. The van der Waals surface area contributed by atoms with Gasteiger partial charge in [0.25, 0.3) is 0 Å². The van der Waals surface area contributed by atoms with Gasteiger partial charge < -0.3 is 10.2 Å². The van der Waals surface area contributed by atoms with Crippen molar-refractivity contribution in [2.45, 2.75) is 44.4 Å². The maximum absolute atomic E-state index is 12.4. The number of aliphatic carboxylic acids is 1. The van der Waals surface area contributed by atoms with Gasteiger partial charge in [-0.3, -0.25) is 4.79 Å². The van der Waals surface area contributed by atoms with Crippen molar-refractivity contribution in [2.24, 2.45) is 11.8 Å². The number of hydrogen-bond donors (Lipinski definition) is 2. The second-order valence-corrected chi connectivity index (χ2v) is 4.48. The van der Waals surface area contributed by atoms with Gasteiger partial charge in [-0.15, -0.1) is 0 Å². The fourth-order valence-corrected chi connectivity index (χ4v) is 2.11. The Morgan fingerprint density at radius 2 is 1.81 bits per heavy atom. The third-order valence-electron chi connectivity index (χ3n) is 3.49. The van der Waals surface area contributed by atoms with E-state index in [9.17, 15) is 23.1 Å². The first kappa shape index (κ1) is 13.3. The summed E-state index contributed by atoms with van der Waals surface area (Å²) < 4.78 is 37.1. The Kier molecular flexibility index (Phi) is 3.52. The molecule has 0 spiro atoms. The van der Waals surface area contributed by atoms with Crippen molar-refractivity contribution in [1.29, 1.82) is 0 Å². The molecule has 0 radical (unpaired) electrons. The van der Waals surface area contributed by atoms with Crippen LogP contribution in [0.2, 0.25) is 0 Å². The molecule has 1 unspecified atom stereocenters. The molecule has 0 bridgehead atoms. The summed E-state index contributed by atoms with van der Waals surface area (Å²) in [5, 5.41) is 18.7. The van der Waals surface area contributed by atoms with E-state index in [1.54, 1.807) is 0 Å². The normalized spacial score (nSPS) is 33.4. The number of carboxylic acids is 1. The first-order valence-corrected chi connectivity index (χ1v) is 5.19. The van der Waals surface area contributed by atoms with Crippen LogP contribution in [0.25, 0.3) is 0 Å². The molecule has 0 heterocycles. The molecule has 6 heteroatoms. The topological polar surface area (TPSA) is 57.5 Å². The van der Waals surface area contributed by atoms with E-state index in [1.165, 1.54) is 6.92 Å². The molecule has 2 N–H and O–H groups in total. The van der Waals surface area contributed by atoms with Gasteiger partial charge >= 0.3 is 12.1 Å². The molecule has 0 aliphatic heterocycles. The highest BCUT2D eigenvalue weighted by atomic mass is 19.4. The van der Waals surface area contributed by atoms with Crippen LogP contribution in [0.3, 0.4) is 0 Å². The fourth-order valence-electron chi connectivity index (χ4n) is 2.11. The molecule has 0 saturated heterocycles. The molecule has 1 aliphatic rings. The summed E-state index contributed by atoms with van der Waals surface area (Å²) in [6.07, 6.45) is -4.85. The van der Waals surface area contributed by atoms with E-state index in [1.807, 2.05) is 0 Å². The van der Waals surface area contributed by atoms with E-state index < -0.39 is 29.6 Å². The van der Waals surface area contributed by atoms with Crippen LogP contribution in [0.15, 0.2) is 0 Å². The number of halogens is 3. The Bertz CT molecular complexity index is 267. The molecule has 1 atom stereocenters. The molecule has 3 nitrogen and oxygen atoms in total. The molecule has 0 aromatic heterocycles. The lowest BCUT2D eigenvalue weighted by Crippen LogP contribution is -2.45. The maximum Gasteiger partial charge on any atom is 0.391 e. The summed E-state index contributed by atoms with van der Waals surface area (Å²) in [4.78, 5) is 10.7. The van der Waals surface area contributed by atoms with Crippen LogP contribution in [0.1, 0.15) is 32.6 Å². The van der Waals surface area contributed by atoms with E-state index in [0.717, 1.165) is 0 Å². The molecule has 0 amide bonds. The molecule has 16 heavy (non-hydrogen) atoms. The van der Waals surface area contributed by atoms with Gasteiger partial charge in [0, 0.05) is 0 Å². The van der Waals surface area contributed by atoms with Crippen LogP contribution < -0.4 is 0 Å². The van der Waals surface area contributed by atoms with Crippen molar-refractivity contribution >= 4 is 5.97 Å². The third-order valence-corrected chi connectivity index (χ3v) is 3.49. The van der Waals surface area contributed by atoms with E-state index in [-0.39, 0.29) is 25.7 Å². The average Bonchev–Trinajstić information content (AvgIpc) is 2.15. The van der Waals surface area contributed by atoms with Gasteiger partial charge in [0.05, 0.1) is 17.4 Å². The third kappa shape index (κ3) is 2.66. The zero-order valence-electron chi connectivity index (χ0n) is 8.92. The molecule has 1 rings (SSSR count). The van der Waals surface area contributed by atoms with Crippen molar-refractivity contribution in [3.63, 3.8) is 0 Å². The van der Waals surface area contributed by atoms with Crippen LogP contribution in [0.5, 0.6) is 0 Å². The van der Waals surface area contributed by atoms with Gasteiger partial charge in [0.15, 0.2) is 0 Å². The first-order valence-electron chi connectivity index (χ1n) is 5.19. The second kappa shape index (κ2) is 4.24. The summed E-state index contributed by atoms with van der Waals surface area (Å²) >= 11 is 0. The highest BCUT2D eigenvalue weighted by Gasteiger charge is 2.48. The number of rotatable bonds is 2. The van der Waals surface area contributed by atoms with Crippen molar-refractivity contribution in [3.8, 4) is 0 Å². The van der Waals surface area contributed by atoms with Crippen LogP contribution in [-0.2, 0) is 4.79 Å². The Hall–Kier alpha value is -0.780. The largest absolute Gasteiger partial charge is 0.481 e. The van der Waals surface area contributed by atoms with Gasteiger partial charge in [-0.25, -0.2) is 0 Å². The average molecular weight is 240 g/mol. The molecular weight excluding hydrogens is 225 g/mol. The Labute approximate surface area is 91.3 Å². The Balaban J connectivity index is 2.63. The van der Waals surface area contributed by atoms with E-state index in [2.05, 4.69) is 0 Å². The number of carboxylic acid groups (broad SMARTS) is 1. The van der Waals surface area contributed by atoms with Crippen molar-refractivity contribution in [1.82, 2.24) is 0 Å². The zero-order chi connectivity index (χ0) is 12.6. The van der Waals surface area contributed by atoms with E-state index >= 15 is 0 Å². The minimum Gasteiger partial charge on any atom is -0.481 e. The van der Waals surface area contributed by atoms with Crippen molar-refractivity contribution in [2.75, 3.05) is 0 Å². The highest BCUT2D eigenvalue weighted by molar-refractivity contribution is 5.71. The van der Waals surface area contributed by atoms with Gasteiger partial charge in [0.2, 0.25) is 0 Å². The highest BCUT2D eigenvalue weighted by Crippen LogP contribution is 2.43. The number of alkyl halides is 3. The van der Waals surface area contributed by atoms with Crippen LogP contribution in [-0.4, -0.2) is 28.0 Å². The molecule has 0 aromatic carbocycles. The molecular formula is C10H15F3O3. The SMILES string of the molecule is CC(C(=O)O)C1(O)CCC(C(F)(F)F)CC1. The lowest BCUT2D eigenvalue weighted by Gasteiger charge is -2.39. The zero-order valence-corrected chi connectivity index (χ0v) is 8.92. The molecule has 0 aromatic rings. The monoisotopic (exact) mass is 240 g/mol. The van der Waals surface area contributed by atoms with Gasteiger partial charge in [0.1, 0.15) is 0 Å². The van der Waals surface area contributed by atoms with E-state index in [4.69, 9.17) is 5.11 Å². The van der Waals surface area contributed by atoms with Crippen LogP contribution >= 0.6 is 0 Å². The summed E-state index contributed by atoms with van der Waals surface area (Å²) in [5.41, 5.74) is -1.49. The lowest BCUT2D eigenvalue weighted by atomic mass is 9.72. The summed E-state index contributed by atoms with van der Waals surface area (Å²) in [6.45, 7) is 1.33. The summed E-state index contributed by atoms with van der Waals surface area (Å²) in [7, 11) is 0. The van der Waals surface area contributed by atoms with Gasteiger partial charge in [-0.2, -0.15) is 13.2 Å². The fraction of sp³-hybridized carbons (Fsp3) is 0.900. The summed E-state index contributed by atoms with van der Waals surface area (Å²) in [6, 6.07) is 0. The Morgan fingerprint density at radius 1 is 1.38 bits per heavy atom. The predicted octanol–water partition coefficient (Wildman–Crippen LogP) is 2.19. The summed E-state index contributed by atoms with van der Waals surface area (Å²) in [5.74, 6) is -3.61. The quantitative estimate of drug-likeness (QED) is 0.777. The van der Waals surface area contributed by atoms with Crippen LogP contribution in [0.4, 0.5) is 13.2 Å². The maximum atomic E-state index is 12.4. The van der Waals surface area contributed by atoms with Gasteiger partial charge in [-0.1, -0.05) is 0 Å². The number of carbonyl (C=O) groups is 1. The van der Waals surface area contributed by atoms with E-state index in [0.29, 0.717) is 0 Å². The lowest BCUT2D eigenvalue weighted by molar-refractivity contribution is -0.197. The van der Waals surface area contributed by atoms with Gasteiger partial charge in [-0.05, 0) is 32.6 Å². The second-order valence-electron chi connectivity index (χ2n) is 4.48. The number of hydrogen-bond acceptors (Lipinski definition) is 2. The molecule has 1 aliphatic carbocycles. The first-order chi connectivity index (χ1) is 7.17. The molecule has 1 fully saturated rings. The van der Waals surface area contributed by atoms with Crippen molar-refractivity contribution in [3.05, 3.63) is 0 Å². The smallest absolute Gasteiger partial charge is 0.391 e. The minimum atomic E-state index is -4.24. The standard InChI is InChI=1S/C10H15F3O3/c1-6(8(14)15)9(16)4-2-7(3-5-9)10(11,12)13/h6-7,16H,2-5H2,1H3,(H,14,15). The predicted molar refractivity (Wildman–Crippen MR) is 49.8 cm³/mol.